The summed E-state index contributed by atoms with van der Waals surface area (Å²) in [6.45, 7) is 2.38. The number of carbonyl (C=O) groups excluding carboxylic acids is 2. The highest BCUT2D eigenvalue weighted by Crippen LogP contribution is 2.23. The van der Waals surface area contributed by atoms with Crippen LogP contribution in [0.3, 0.4) is 0 Å². The van der Waals surface area contributed by atoms with Crippen molar-refractivity contribution in [3.8, 4) is 10.6 Å². The maximum atomic E-state index is 12.7. The Labute approximate surface area is 186 Å². The number of hydrogen-bond donors (Lipinski definition) is 0. The van der Waals surface area contributed by atoms with Crippen molar-refractivity contribution < 1.29 is 9.59 Å². The first-order valence-corrected chi connectivity index (χ1v) is 11.5. The lowest BCUT2D eigenvalue weighted by atomic mass is 10.1. The lowest BCUT2D eigenvalue weighted by molar-refractivity contribution is -0.139. The van der Waals surface area contributed by atoms with Crippen LogP contribution in [0.2, 0.25) is 0 Å². The fourth-order valence-corrected chi connectivity index (χ4v) is 4.54. The van der Waals surface area contributed by atoms with Gasteiger partial charge in [-0.3, -0.25) is 14.6 Å². The van der Waals surface area contributed by atoms with Gasteiger partial charge in [-0.15, -0.1) is 11.3 Å². The topological polar surface area (TPSA) is 66.4 Å². The van der Waals surface area contributed by atoms with Gasteiger partial charge in [0.05, 0.1) is 12.1 Å². The van der Waals surface area contributed by atoms with E-state index >= 15 is 0 Å². The number of carbonyl (C=O) groups is 2. The normalized spacial score (nSPS) is 13.9. The van der Waals surface area contributed by atoms with Crippen molar-refractivity contribution in [2.24, 2.45) is 0 Å². The predicted octanol–water partition coefficient (Wildman–Crippen LogP) is 3.44. The van der Waals surface area contributed by atoms with Gasteiger partial charge in [-0.25, -0.2) is 4.98 Å². The molecule has 0 N–H and O–H groups in total. The lowest BCUT2D eigenvalue weighted by Gasteiger charge is -2.34. The molecular weight excluding hydrogens is 408 g/mol. The van der Waals surface area contributed by atoms with E-state index in [4.69, 9.17) is 0 Å². The molecule has 6 nitrogen and oxygen atoms in total. The van der Waals surface area contributed by atoms with Gasteiger partial charge >= 0.3 is 0 Å². The van der Waals surface area contributed by atoms with Crippen LogP contribution in [0.15, 0.2) is 60.2 Å². The first kappa shape index (κ1) is 21.2. The maximum absolute atomic E-state index is 12.7. The molecule has 0 atom stereocenters. The Kier molecular flexibility index (Phi) is 7.04. The molecule has 7 heteroatoms. The van der Waals surface area contributed by atoms with Crippen molar-refractivity contribution in [1.29, 1.82) is 0 Å². The first-order chi connectivity index (χ1) is 15.2. The summed E-state index contributed by atoms with van der Waals surface area (Å²) < 4.78 is 0. The highest BCUT2D eigenvalue weighted by Gasteiger charge is 2.24. The number of rotatable bonds is 7. The monoisotopic (exact) mass is 434 g/mol. The van der Waals surface area contributed by atoms with Gasteiger partial charge in [0.25, 0.3) is 0 Å². The van der Waals surface area contributed by atoms with Gasteiger partial charge in [-0.05, 0) is 30.5 Å². The summed E-state index contributed by atoms with van der Waals surface area (Å²) in [7, 11) is 0. The van der Waals surface area contributed by atoms with Crippen molar-refractivity contribution in [1.82, 2.24) is 19.8 Å². The highest BCUT2D eigenvalue weighted by molar-refractivity contribution is 7.13. The van der Waals surface area contributed by atoms with E-state index in [9.17, 15) is 9.59 Å². The fourth-order valence-electron chi connectivity index (χ4n) is 3.73. The number of thiazole rings is 1. The molecule has 31 heavy (non-hydrogen) atoms. The fraction of sp³-hybridized carbons (Fsp3) is 0.333. The molecule has 0 saturated carbocycles. The summed E-state index contributed by atoms with van der Waals surface area (Å²) in [5.41, 5.74) is 3.01. The average molecular weight is 435 g/mol. The van der Waals surface area contributed by atoms with Crippen LogP contribution in [0, 0.1) is 0 Å². The summed E-state index contributed by atoms with van der Waals surface area (Å²) >= 11 is 1.53. The first-order valence-electron chi connectivity index (χ1n) is 10.6. The van der Waals surface area contributed by atoms with Gasteiger partial charge in [0.2, 0.25) is 11.8 Å². The smallest absolute Gasteiger partial charge is 0.228 e. The second kappa shape index (κ2) is 10.3. The van der Waals surface area contributed by atoms with Crippen LogP contribution in [-0.4, -0.2) is 57.8 Å². The number of nitrogens with zero attached hydrogens (tertiary/aromatic N) is 4. The molecule has 0 bridgehead atoms. The number of hydrogen-bond acceptors (Lipinski definition) is 5. The number of benzene rings is 1. The predicted molar refractivity (Wildman–Crippen MR) is 122 cm³/mol. The third kappa shape index (κ3) is 5.76. The molecular formula is C24H26N4O2S. The van der Waals surface area contributed by atoms with Crippen molar-refractivity contribution in [2.45, 2.75) is 25.7 Å². The van der Waals surface area contributed by atoms with Crippen LogP contribution >= 0.6 is 11.3 Å². The molecule has 4 rings (SSSR count). The molecule has 1 fully saturated rings. The Hall–Kier alpha value is -3.06. The van der Waals surface area contributed by atoms with E-state index in [0.717, 1.165) is 29.1 Å². The van der Waals surface area contributed by atoms with Crippen molar-refractivity contribution in [2.75, 3.05) is 26.2 Å². The van der Waals surface area contributed by atoms with Crippen LogP contribution in [0.1, 0.15) is 24.1 Å². The zero-order valence-electron chi connectivity index (χ0n) is 17.4. The molecule has 160 valence electrons. The van der Waals surface area contributed by atoms with Crippen molar-refractivity contribution >= 4 is 23.2 Å². The Morgan fingerprint density at radius 1 is 0.935 bits per heavy atom. The van der Waals surface area contributed by atoms with E-state index in [2.05, 4.69) is 22.1 Å². The largest absolute Gasteiger partial charge is 0.339 e. The number of aromatic nitrogens is 2. The van der Waals surface area contributed by atoms with Crippen LogP contribution in [0.4, 0.5) is 0 Å². The molecule has 2 amide bonds. The molecule has 0 spiro atoms. The van der Waals surface area contributed by atoms with Crippen LogP contribution in [-0.2, 0) is 22.4 Å². The molecule has 2 aromatic heterocycles. The molecule has 0 unspecified atom stereocenters. The van der Waals surface area contributed by atoms with Crippen LogP contribution in [0.25, 0.3) is 10.6 Å². The molecule has 3 heterocycles. The maximum Gasteiger partial charge on any atom is 0.228 e. The quantitative estimate of drug-likeness (QED) is 0.571. The van der Waals surface area contributed by atoms with Gasteiger partial charge in [0.15, 0.2) is 0 Å². The van der Waals surface area contributed by atoms with Gasteiger partial charge in [-0.1, -0.05) is 30.3 Å². The van der Waals surface area contributed by atoms with Gasteiger partial charge in [-0.2, -0.15) is 0 Å². The van der Waals surface area contributed by atoms with Crippen molar-refractivity contribution in [3.05, 3.63) is 71.5 Å². The lowest BCUT2D eigenvalue weighted by Crippen LogP contribution is -2.51. The Morgan fingerprint density at radius 2 is 1.68 bits per heavy atom. The van der Waals surface area contributed by atoms with Crippen molar-refractivity contribution in [3.63, 3.8) is 0 Å². The van der Waals surface area contributed by atoms with E-state index in [1.165, 1.54) is 16.9 Å². The third-order valence-corrected chi connectivity index (χ3v) is 6.42. The highest BCUT2D eigenvalue weighted by atomic mass is 32.1. The minimum atomic E-state index is 0.0687. The summed E-state index contributed by atoms with van der Waals surface area (Å²) in [6.07, 6.45) is 6.13. The van der Waals surface area contributed by atoms with Gasteiger partial charge in [0, 0.05) is 55.9 Å². The standard InChI is InChI=1S/C24H26N4O2S/c29-22(10-4-8-19-6-2-1-3-7-19)27-12-14-28(15-13-27)23(30)16-21-18-31-24(26-21)20-9-5-11-25-17-20/h1-3,5-7,9,11,17-18H,4,8,10,12-16H2. The summed E-state index contributed by atoms with van der Waals surface area (Å²) in [6, 6.07) is 14.1. The Balaban J connectivity index is 1.21. The molecule has 1 aliphatic heterocycles. The molecule has 0 radical (unpaired) electrons. The molecule has 0 aliphatic carbocycles. The van der Waals surface area contributed by atoms with E-state index in [-0.39, 0.29) is 11.8 Å². The van der Waals surface area contributed by atoms with Gasteiger partial charge < -0.3 is 9.80 Å². The van der Waals surface area contributed by atoms with E-state index in [1.807, 2.05) is 45.5 Å². The number of amides is 2. The second-order valence-corrected chi connectivity index (χ2v) is 8.52. The van der Waals surface area contributed by atoms with E-state index in [1.54, 1.807) is 12.4 Å². The zero-order valence-corrected chi connectivity index (χ0v) is 18.3. The van der Waals surface area contributed by atoms with Crippen LogP contribution < -0.4 is 0 Å². The number of piperazine rings is 1. The van der Waals surface area contributed by atoms with Crippen LogP contribution in [0.5, 0.6) is 0 Å². The van der Waals surface area contributed by atoms with E-state index < -0.39 is 0 Å². The molecule has 1 saturated heterocycles. The second-order valence-electron chi connectivity index (χ2n) is 7.66. The Morgan fingerprint density at radius 3 is 2.39 bits per heavy atom. The Bertz CT molecular complexity index is 999. The minimum Gasteiger partial charge on any atom is -0.339 e. The molecule has 1 aliphatic rings. The van der Waals surface area contributed by atoms with Gasteiger partial charge in [0.1, 0.15) is 5.01 Å². The minimum absolute atomic E-state index is 0.0687. The summed E-state index contributed by atoms with van der Waals surface area (Å²) in [5.74, 6) is 0.253. The third-order valence-electron chi connectivity index (χ3n) is 5.48. The summed E-state index contributed by atoms with van der Waals surface area (Å²) in [4.78, 5) is 37.6. The molecule has 1 aromatic carbocycles. The average Bonchev–Trinajstić information content (AvgIpc) is 3.29. The molecule has 3 aromatic rings. The number of pyridine rings is 1. The zero-order chi connectivity index (χ0) is 21.5. The SMILES string of the molecule is O=C(CCCc1ccccc1)N1CCN(C(=O)Cc2csc(-c3cccnc3)n2)CC1. The summed E-state index contributed by atoms with van der Waals surface area (Å²) in [5, 5.41) is 2.81. The van der Waals surface area contributed by atoms with E-state index in [0.29, 0.717) is 39.0 Å². The number of aryl methyl sites for hydroxylation is 1.